The topological polar surface area (TPSA) is 87.7 Å². The minimum absolute atomic E-state index is 0.115. The average Bonchev–Trinajstić information content (AvgIpc) is 3.43. The van der Waals surface area contributed by atoms with Crippen LogP contribution in [-0.2, 0) is 19.9 Å². The number of nitrogens with zero attached hydrogens (tertiary/aromatic N) is 1. The first-order chi connectivity index (χ1) is 15.1. The summed E-state index contributed by atoms with van der Waals surface area (Å²) in [6.45, 7) is 2.87. The van der Waals surface area contributed by atoms with E-state index < -0.39 is 17.4 Å². The Bertz CT molecular complexity index is 1050. The van der Waals surface area contributed by atoms with Crippen LogP contribution in [0, 0.1) is 5.92 Å². The molecule has 31 heavy (non-hydrogen) atoms. The maximum Gasteiger partial charge on any atom is 0.338 e. The van der Waals surface area contributed by atoms with Crippen molar-refractivity contribution in [2.24, 2.45) is 5.92 Å². The molecule has 2 fully saturated rings. The van der Waals surface area contributed by atoms with Crippen LogP contribution in [-0.4, -0.2) is 41.9 Å². The molecule has 0 radical (unpaired) electrons. The van der Waals surface area contributed by atoms with Crippen molar-refractivity contribution in [1.29, 1.82) is 0 Å². The molecule has 7 heteroatoms. The monoisotopic (exact) mass is 419 g/mol. The SMILES string of the molecule is CCOC(=O)c1ccc(NC(=O)[C@H]2C[C@H]3CCCN3[C@]23C(=O)Nc2ccccc23)cc1. The lowest BCUT2D eigenvalue weighted by atomic mass is 9.78. The number of esters is 1. The van der Waals surface area contributed by atoms with Gasteiger partial charge < -0.3 is 15.4 Å². The number of anilines is 2. The summed E-state index contributed by atoms with van der Waals surface area (Å²) in [7, 11) is 0. The largest absolute Gasteiger partial charge is 0.462 e. The molecule has 2 amide bonds. The van der Waals surface area contributed by atoms with E-state index in [2.05, 4.69) is 15.5 Å². The van der Waals surface area contributed by atoms with Gasteiger partial charge in [0.1, 0.15) is 5.54 Å². The van der Waals surface area contributed by atoms with Crippen molar-refractivity contribution in [3.05, 3.63) is 59.7 Å². The Labute approximate surface area is 180 Å². The molecular formula is C24H25N3O4. The van der Waals surface area contributed by atoms with Crippen molar-refractivity contribution < 1.29 is 19.1 Å². The van der Waals surface area contributed by atoms with E-state index in [0.29, 0.717) is 24.3 Å². The molecule has 2 saturated heterocycles. The molecule has 3 aliphatic rings. The van der Waals surface area contributed by atoms with Crippen molar-refractivity contribution in [2.45, 2.75) is 37.8 Å². The van der Waals surface area contributed by atoms with Crippen LogP contribution in [0.4, 0.5) is 11.4 Å². The summed E-state index contributed by atoms with van der Waals surface area (Å²) < 4.78 is 5.00. The molecule has 1 spiro atoms. The fourth-order valence-corrected chi connectivity index (χ4v) is 5.51. The number of ether oxygens (including phenoxy) is 1. The molecule has 2 aromatic rings. The average molecular weight is 419 g/mol. The third-order valence-electron chi connectivity index (χ3n) is 6.75. The number of hydrogen-bond acceptors (Lipinski definition) is 5. The van der Waals surface area contributed by atoms with Crippen molar-refractivity contribution in [2.75, 3.05) is 23.8 Å². The summed E-state index contributed by atoms with van der Waals surface area (Å²) in [4.78, 5) is 40.9. The second kappa shape index (κ2) is 7.50. The fourth-order valence-electron chi connectivity index (χ4n) is 5.51. The normalized spacial score (nSPS) is 26.4. The van der Waals surface area contributed by atoms with Crippen LogP contribution >= 0.6 is 0 Å². The van der Waals surface area contributed by atoms with Crippen molar-refractivity contribution >= 4 is 29.2 Å². The Hall–Kier alpha value is -3.19. The summed E-state index contributed by atoms with van der Waals surface area (Å²) in [6.07, 6.45) is 2.68. The van der Waals surface area contributed by atoms with Gasteiger partial charge in [-0.05, 0) is 63.1 Å². The van der Waals surface area contributed by atoms with Crippen LogP contribution < -0.4 is 10.6 Å². The molecule has 3 aliphatic heterocycles. The Kier molecular flexibility index (Phi) is 4.78. The van der Waals surface area contributed by atoms with Gasteiger partial charge in [0.25, 0.3) is 0 Å². The minimum Gasteiger partial charge on any atom is -0.462 e. The lowest BCUT2D eigenvalue weighted by Gasteiger charge is -2.36. The third-order valence-corrected chi connectivity index (χ3v) is 6.75. The first-order valence-electron chi connectivity index (χ1n) is 10.8. The van der Waals surface area contributed by atoms with E-state index in [1.165, 1.54) is 0 Å². The molecule has 0 bridgehead atoms. The first-order valence-corrected chi connectivity index (χ1v) is 10.8. The minimum atomic E-state index is -0.966. The van der Waals surface area contributed by atoms with Crippen LogP contribution in [0.2, 0.25) is 0 Å². The zero-order chi connectivity index (χ0) is 21.6. The standard InChI is InChI=1S/C24H25N3O4/c1-2-31-22(29)15-9-11-16(12-10-15)25-21(28)19-14-17-6-5-13-27(17)24(19)18-7-3-4-8-20(18)26-23(24)30/h3-4,7-12,17,19H,2,5-6,13-14H2,1H3,(H,25,28)(H,26,30)/t17-,19-,24+/m1/s1. The summed E-state index contributed by atoms with van der Waals surface area (Å²) in [5.74, 6) is -1.18. The maximum absolute atomic E-state index is 13.5. The van der Waals surface area contributed by atoms with Gasteiger partial charge in [-0.25, -0.2) is 4.79 Å². The van der Waals surface area contributed by atoms with Crippen molar-refractivity contribution in [1.82, 2.24) is 4.90 Å². The predicted molar refractivity (Wildman–Crippen MR) is 116 cm³/mol. The van der Waals surface area contributed by atoms with Crippen LogP contribution in [0.15, 0.2) is 48.5 Å². The van der Waals surface area contributed by atoms with E-state index in [0.717, 1.165) is 30.6 Å². The molecule has 3 atom stereocenters. The van der Waals surface area contributed by atoms with Gasteiger partial charge in [0.15, 0.2) is 0 Å². The molecule has 2 N–H and O–H groups in total. The van der Waals surface area contributed by atoms with Crippen molar-refractivity contribution in [3.8, 4) is 0 Å². The molecule has 160 valence electrons. The molecule has 0 aliphatic carbocycles. The number of para-hydroxylation sites is 1. The number of rotatable bonds is 4. The van der Waals surface area contributed by atoms with Gasteiger partial charge in [0.2, 0.25) is 11.8 Å². The highest BCUT2D eigenvalue weighted by molar-refractivity contribution is 6.10. The molecule has 0 aromatic heterocycles. The van der Waals surface area contributed by atoms with Gasteiger partial charge in [-0.2, -0.15) is 0 Å². The summed E-state index contributed by atoms with van der Waals surface area (Å²) in [6, 6.07) is 14.5. The highest BCUT2D eigenvalue weighted by Crippen LogP contribution is 2.55. The van der Waals surface area contributed by atoms with Gasteiger partial charge in [0.05, 0.1) is 18.1 Å². The van der Waals surface area contributed by atoms with Crippen LogP contribution in [0.3, 0.4) is 0 Å². The van der Waals surface area contributed by atoms with E-state index in [4.69, 9.17) is 4.74 Å². The molecule has 0 saturated carbocycles. The van der Waals surface area contributed by atoms with E-state index >= 15 is 0 Å². The zero-order valence-corrected chi connectivity index (χ0v) is 17.4. The molecule has 0 unspecified atom stereocenters. The third kappa shape index (κ3) is 2.95. The predicted octanol–water partition coefficient (Wildman–Crippen LogP) is 3.13. The van der Waals surface area contributed by atoms with Crippen LogP contribution in [0.5, 0.6) is 0 Å². The van der Waals surface area contributed by atoms with Gasteiger partial charge in [-0.1, -0.05) is 18.2 Å². The number of fused-ring (bicyclic) bond motifs is 4. The highest BCUT2D eigenvalue weighted by Gasteiger charge is 2.65. The zero-order valence-electron chi connectivity index (χ0n) is 17.4. The lowest BCUT2D eigenvalue weighted by molar-refractivity contribution is -0.135. The van der Waals surface area contributed by atoms with Gasteiger partial charge >= 0.3 is 5.97 Å². The summed E-state index contributed by atoms with van der Waals surface area (Å²) in [5.41, 5.74) is 1.74. The number of benzene rings is 2. The molecule has 5 rings (SSSR count). The quantitative estimate of drug-likeness (QED) is 0.744. The van der Waals surface area contributed by atoms with E-state index in [1.807, 2.05) is 24.3 Å². The fraction of sp³-hybridized carbons (Fsp3) is 0.375. The number of carbonyl (C=O) groups excluding carboxylic acids is 3. The first kappa shape index (κ1) is 19.8. The van der Waals surface area contributed by atoms with E-state index in [-0.39, 0.29) is 17.9 Å². The summed E-state index contributed by atoms with van der Waals surface area (Å²) >= 11 is 0. The number of carbonyl (C=O) groups is 3. The van der Waals surface area contributed by atoms with Crippen LogP contribution in [0.25, 0.3) is 0 Å². The smallest absolute Gasteiger partial charge is 0.338 e. The Balaban J connectivity index is 1.45. The summed E-state index contributed by atoms with van der Waals surface area (Å²) in [5, 5.41) is 5.99. The maximum atomic E-state index is 13.5. The van der Waals surface area contributed by atoms with Crippen molar-refractivity contribution in [3.63, 3.8) is 0 Å². The Morgan fingerprint density at radius 2 is 1.97 bits per heavy atom. The lowest BCUT2D eigenvalue weighted by Crippen LogP contribution is -2.53. The number of nitrogens with one attached hydrogen (secondary N) is 2. The molecule has 7 nitrogen and oxygen atoms in total. The van der Waals surface area contributed by atoms with E-state index in [1.54, 1.807) is 31.2 Å². The second-order valence-electron chi connectivity index (χ2n) is 8.33. The van der Waals surface area contributed by atoms with Crippen LogP contribution in [0.1, 0.15) is 42.1 Å². The van der Waals surface area contributed by atoms with Gasteiger partial charge in [-0.3, -0.25) is 14.5 Å². The molecule has 3 heterocycles. The number of amides is 2. The molecule has 2 aromatic carbocycles. The van der Waals surface area contributed by atoms with Gasteiger partial charge in [0, 0.05) is 23.0 Å². The Morgan fingerprint density at radius 1 is 1.19 bits per heavy atom. The number of hydrogen-bond donors (Lipinski definition) is 2. The van der Waals surface area contributed by atoms with Gasteiger partial charge in [-0.15, -0.1) is 0 Å². The van der Waals surface area contributed by atoms with E-state index in [9.17, 15) is 14.4 Å². The second-order valence-corrected chi connectivity index (χ2v) is 8.33. The molecular weight excluding hydrogens is 394 g/mol. The Morgan fingerprint density at radius 3 is 2.74 bits per heavy atom. The highest BCUT2D eigenvalue weighted by atomic mass is 16.5.